The monoisotopic (exact) mass is 242 g/mol. The Morgan fingerprint density at radius 1 is 1.59 bits per heavy atom. The molecule has 0 saturated carbocycles. The minimum Gasteiger partial charge on any atom is -0.381 e. The quantitative estimate of drug-likeness (QED) is 0.762. The third kappa shape index (κ3) is 5.50. The molecule has 0 aromatic heterocycles. The molecular weight excluding hydrogens is 216 g/mol. The Morgan fingerprint density at radius 2 is 2.35 bits per heavy atom. The summed E-state index contributed by atoms with van der Waals surface area (Å²) in [4.78, 5) is 13.7. The zero-order chi connectivity index (χ0) is 12.7. The summed E-state index contributed by atoms with van der Waals surface area (Å²) in [6, 6.07) is 0.408. The van der Waals surface area contributed by atoms with Gasteiger partial charge in [0.1, 0.15) is 0 Å². The van der Waals surface area contributed by atoms with Crippen LogP contribution in [0.5, 0.6) is 0 Å². The van der Waals surface area contributed by atoms with Crippen molar-refractivity contribution in [2.75, 3.05) is 33.4 Å². The summed E-state index contributed by atoms with van der Waals surface area (Å²) in [5, 5.41) is 3.23. The van der Waals surface area contributed by atoms with E-state index in [-0.39, 0.29) is 5.91 Å². The van der Waals surface area contributed by atoms with Gasteiger partial charge in [0, 0.05) is 26.2 Å². The van der Waals surface area contributed by atoms with Crippen LogP contribution in [0.4, 0.5) is 0 Å². The number of hydrogen-bond donors (Lipinski definition) is 1. The summed E-state index contributed by atoms with van der Waals surface area (Å²) >= 11 is 0. The van der Waals surface area contributed by atoms with Crippen molar-refractivity contribution in [2.24, 2.45) is 5.92 Å². The first kappa shape index (κ1) is 14.5. The van der Waals surface area contributed by atoms with E-state index in [1.165, 1.54) is 6.42 Å². The average Bonchev–Trinajstić information content (AvgIpc) is 2.36. The van der Waals surface area contributed by atoms with Gasteiger partial charge >= 0.3 is 0 Å². The van der Waals surface area contributed by atoms with Crippen LogP contribution in [-0.4, -0.2) is 50.2 Å². The Bertz CT molecular complexity index is 227. The van der Waals surface area contributed by atoms with Gasteiger partial charge in [0.25, 0.3) is 0 Å². The molecule has 0 aromatic carbocycles. The number of carbonyl (C=O) groups is 1. The van der Waals surface area contributed by atoms with Crippen molar-refractivity contribution in [3.63, 3.8) is 0 Å². The van der Waals surface area contributed by atoms with Gasteiger partial charge in [-0.25, -0.2) is 0 Å². The minimum atomic E-state index is 0.177. The summed E-state index contributed by atoms with van der Waals surface area (Å²) in [5.41, 5.74) is 0. The molecule has 100 valence electrons. The van der Waals surface area contributed by atoms with E-state index in [2.05, 4.69) is 19.2 Å². The zero-order valence-corrected chi connectivity index (χ0v) is 11.4. The second-order valence-corrected chi connectivity index (χ2v) is 5.05. The van der Waals surface area contributed by atoms with Gasteiger partial charge in [-0.3, -0.25) is 4.79 Å². The first-order valence-electron chi connectivity index (χ1n) is 6.68. The van der Waals surface area contributed by atoms with Crippen molar-refractivity contribution < 1.29 is 9.53 Å². The molecule has 0 bridgehead atoms. The van der Waals surface area contributed by atoms with Crippen molar-refractivity contribution in [3.8, 4) is 0 Å². The molecule has 1 amide bonds. The molecule has 1 aliphatic rings. The lowest BCUT2D eigenvalue weighted by Gasteiger charge is -2.27. The highest BCUT2D eigenvalue weighted by atomic mass is 16.5. The number of hydrogen-bond acceptors (Lipinski definition) is 3. The van der Waals surface area contributed by atoms with Gasteiger partial charge in [0.2, 0.25) is 5.91 Å². The van der Waals surface area contributed by atoms with E-state index < -0.39 is 0 Å². The van der Waals surface area contributed by atoms with Gasteiger partial charge in [-0.15, -0.1) is 0 Å². The van der Waals surface area contributed by atoms with Crippen LogP contribution < -0.4 is 5.32 Å². The van der Waals surface area contributed by atoms with Gasteiger partial charge in [0.05, 0.1) is 13.2 Å². The molecule has 0 radical (unpaired) electrons. The van der Waals surface area contributed by atoms with Crippen molar-refractivity contribution >= 4 is 5.91 Å². The average molecular weight is 242 g/mol. The van der Waals surface area contributed by atoms with Gasteiger partial charge in [0.15, 0.2) is 0 Å². The van der Waals surface area contributed by atoms with E-state index in [4.69, 9.17) is 4.74 Å². The highest BCUT2D eigenvalue weighted by Crippen LogP contribution is 2.14. The van der Waals surface area contributed by atoms with Crippen LogP contribution in [0.15, 0.2) is 0 Å². The number of nitrogens with one attached hydrogen (secondary N) is 1. The highest BCUT2D eigenvalue weighted by Gasteiger charge is 2.18. The Kier molecular flexibility index (Phi) is 6.52. The van der Waals surface area contributed by atoms with E-state index in [1.807, 2.05) is 11.9 Å². The van der Waals surface area contributed by atoms with E-state index in [0.717, 1.165) is 32.6 Å². The predicted molar refractivity (Wildman–Crippen MR) is 68.9 cm³/mol. The molecule has 4 heteroatoms. The van der Waals surface area contributed by atoms with Crippen LogP contribution in [0.1, 0.15) is 33.1 Å². The smallest absolute Gasteiger partial charge is 0.236 e. The largest absolute Gasteiger partial charge is 0.381 e. The SMILES string of the molecule is CCC(C)NCC(=O)N(C)CC1CCCOC1. The maximum atomic E-state index is 11.9. The third-order valence-corrected chi connectivity index (χ3v) is 3.43. The molecule has 17 heavy (non-hydrogen) atoms. The first-order chi connectivity index (χ1) is 8.13. The fraction of sp³-hybridized carbons (Fsp3) is 0.923. The van der Waals surface area contributed by atoms with Crippen LogP contribution in [0.2, 0.25) is 0 Å². The maximum Gasteiger partial charge on any atom is 0.236 e. The van der Waals surface area contributed by atoms with Crippen LogP contribution >= 0.6 is 0 Å². The Morgan fingerprint density at radius 3 is 2.94 bits per heavy atom. The molecule has 2 unspecified atom stereocenters. The first-order valence-corrected chi connectivity index (χ1v) is 6.68. The highest BCUT2D eigenvalue weighted by molar-refractivity contribution is 5.78. The van der Waals surface area contributed by atoms with E-state index in [0.29, 0.717) is 18.5 Å². The van der Waals surface area contributed by atoms with Gasteiger partial charge < -0.3 is 15.0 Å². The van der Waals surface area contributed by atoms with Crippen LogP contribution in [0, 0.1) is 5.92 Å². The molecule has 0 aliphatic carbocycles. The molecule has 1 heterocycles. The topological polar surface area (TPSA) is 41.6 Å². The van der Waals surface area contributed by atoms with E-state index in [9.17, 15) is 4.79 Å². The number of ether oxygens (including phenoxy) is 1. The van der Waals surface area contributed by atoms with Gasteiger partial charge in [-0.1, -0.05) is 6.92 Å². The summed E-state index contributed by atoms with van der Waals surface area (Å²) in [6.07, 6.45) is 3.35. The Labute approximate surface area is 105 Å². The van der Waals surface area contributed by atoms with Crippen LogP contribution in [0.25, 0.3) is 0 Å². The van der Waals surface area contributed by atoms with Crippen molar-refractivity contribution in [3.05, 3.63) is 0 Å². The van der Waals surface area contributed by atoms with Crippen molar-refractivity contribution in [2.45, 2.75) is 39.2 Å². The Balaban J connectivity index is 2.21. The molecule has 4 nitrogen and oxygen atoms in total. The molecule has 1 fully saturated rings. The molecule has 1 N–H and O–H groups in total. The third-order valence-electron chi connectivity index (χ3n) is 3.43. The molecule has 2 atom stereocenters. The summed E-state index contributed by atoms with van der Waals surface area (Å²) in [6.45, 7) is 7.16. The molecule has 1 rings (SSSR count). The normalized spacial score (nSPS) is 22.2. The molecule has 1 saturated heterocycles. The number of carbonyl (C=O) groups excluding carboxylic acids is 1. The molecule has 0 aromatic rings. The minimum absolute atomic E-state index is 0.177. The fourth-order valence-corrected chi connectivity index (χ4v) is 1.98. The van der Waals surface area contributed by atoms with E-state index in [1.54, 1.807) is 0 Å². The molecule has 1 aliphatic heterocycles. The lowest BCUT2D eigenvalue weighted by Crippen LogP contribution is -2.41. The van der Waals surface area contributed by atoms with Gasteiger partial charge in [-0.05, 0) is 32.1 Å². The lowest BCUT2D eigenvalue weighted by atomic mass is 10.0. The van der Waals surface area contributed by atoms with Crippen molar-refractivity contribution in [1.29, 1.82) is 0 Å². The van der Waals surface area contributed by atoms with Gasteiger partial charge in [-0.2, -0.15) is 0 Å². The summed E-state index contributed by atoms with van der Waals surface area (Å²) < 4.78 is 5.42. The van der Waals surface area contributed by atoms with Crippen LogP contribution in [-0.2, 0) is 9.53 Å². The maximum absolute atomic E-state index is 11.9. The van der Waals surface area contributed by atoms with Crippen molar-refractivity contribution in [1.82, 2.24) is 10.2 Å². The number of rotatable bonds is 6. The van der Waals surface area contributed by atoms with Crippen LogP contribution in [0.3, 0.4) is 0 Å². The molecular formula is C13H26N2O2. The van der Waals surface area contributed by atoms with E-state index >= 15 is 0 Å². The zero-order valence-electron chi connectivity index (χ0n) is 11.4. The molecule has 0 spiro atoms. The lowest BCUT2D eigenvalue weighted by molar-refractivity contribution is -0.130. The Hall–Kier alpha value is -0.610. The summed E-state index contributed by atoms with van der Waals surface area (Å²) in [7, 11) is 1.88. The standard InChI is InChI=1S/C13H26N2O2/c1-4-11(2)14-8-13(16)15(3)9-12-6-5-7-17-10-12/h11-12,14H,4-10H2,1-3H3. The number of nitrogens with zero attached hydrogens (tertiary/aromatic N) is 1. The predicted octanol–water partition coefficient (Wildman–Crippen LogP) is 1.26. The number of likely N-dealkylation sites (N-methyl/N-ethyl adjacent to an activating group) is 1. The summed E-state index contributed by atoms with van der Waals surface area (Å²) in [5.74, 6) is 0.692. The second-order valence-electron chi connectivity index (χ2n) is 5.05. The fourth-order valence-electron chi connectivity index (χ4n) is 1.98. The number of amides is 1. The second kappa shape index (κ2) is 7.67.